The average molecular weight is 329 g/mol. The second kappa shape index (κ2) is 8.28. The number of methoxy groups -OCH3 is 1. The first-order valence-corrected chi connectivity index (χ1v) is 6.91. The van der Waals surface area contributed by atoms with Gasteiger partial charge in [0.1, 0.15) is 11.5 Å². The van der Waals surface area contributed by atoms with Crippen LogP contribution < -0.4 is 14.9 Å². The Hall–Kier alpha value is -3.42. The van der Waals surface area contributed by atoms with Gasteiger partial charge in [0.05, 0.1) is 18.2 Å². The third-order valence-electron chi connectivity index (χ3n) is 2.90. The number of rotatable bonds is 7. The van der Waals surface area contributed by atoms with Crippen molar-refractivity contribution in [2.24, 2.45) is 5.10 Å². The second-order valence-electron chi connectivity index (χ2n) is 4.61. The van der Waals surface area contributed by atoms with Gasteiger partial charge in [-0.05, 0) is 12.1 Å². The monoisotopic (exact) mass is 329 g/mol. The van der Waals surface area contributed by atoms with E-state index in [4.69, 9.17) is 9.47 Å². The lowest BCUT2D eigenvalue weighted by molar-refractivity contribution is -0.384. The fourth-order valence-corrected chi connectivity index (χ4v) is 1.77. The van der Waals surface area contributed by atoms with Gasteiger partial charge in [0.2, 0.25) is 0 Å². The van der Waals surface area contributed by atoms with E-state index in [0.29, 0.717) is 17.1 Å². The first-order chi connectivity index (χ1) is 11.6. The lowest BCUT2D eigenvalue weighted by Gasteiger charge is -2.06. The van der Waals surface area contributed by atoms with E-state index in [0.717, 1.165) is 0 Å². The van der Waals surface area contributed by atoms with Gasteiger partial charge >= 0.3 is 0 Å². The summed E-state index contributed by atoms with van der Waals surface area (Å²) in [5, 5.41) is 14.4. The summed E-state index contributed by atoms with van der Waals surface area (Å²) in [6.45, 7) is -0.223. The summed E-state index contributed by atoms with van der Waals surface area (Å²) < 4.78 is 10.4. The summed E-state index contributed by atoms with van der Waals surface area (Å²) in [6, 6.07) is 12.7. The summed E-state index contributed by atoms with van der Waals surface area (Å²) in [5.74, 6) is 0.656. The van der Waals surface area contributed by atoms with Crippen molar-refractivity contribution in [3.8, 4) is 11.5 Å². The Bertz CT molecular complexity index is 761. The standard InChI is InChI=1S/C16H15N3O5/c1-23-14-6-3-7-15(9-14)24-11-16(20)18-17-10-12-4-2-5-13(8-12)19(21)22/h2-10H,11H2,1H3,(H,18,20)/b17-10+. The summed E-state index contributed by atoms with van der Waals surface area (Å²) in [6.07, 6.45) is 1.32. The van der Waals surface area contributed by atoms with Gasteiger partial charge in [-0.1, -0.05) is 18.2 Å². The number of carbonyl (C=O) groups is 1. The van der Waals surface area contributed by atoms with E-state index in [9.17, 15) is 14.9 Å². The predicted octanol–water partition coefficient (Wildman–Crippen LogP) is 2.13. The molecule has 0 heterocycles. The number of hydrogen-bond acceptors (Lipinski definition) is 6. The van der Waals surface area contributed by atoms with Crippen molar-refractivity contribution in [1.82, 2.24) is 5.43 Å². The molecule has 0 fully saturated rings. The molecule has 2 aromatic rings. The molecule has 0 aliphatic carbocycles. The van der Waals surface area contributed by atoms with Crippen LogP contribution in [0, 0.1) is 10.1 Å². The number of hydrogen-bond donors (Lipinski definition) is 1. The molecule has 0 unspecified atom stereocenters. The van der Waals surface area contributed by atoms with E-state index in [1.807, 2.05) is 0 Å². The molecule has 1 N–H and O–H groups in total. The van der Waals surface area contributed by atoms with Crippen LogP contribution in [0.15, 0.2) is 53.6 Å². The maximum Gasteiger partial charge on any atom is 0.277 e. The molecule has 0 saturated carbocycles. The van der Waals surface area contributed by atoms with Crippen LogP contribution >= 0.6 is 0 Å². The molecule has 0 bridgehead atoms. The number of nitrogens with one attached hydrogen (secondary N) is 1. The minimum atomic E-state index is -0.502. The van der Waals surface area contributed by atoms with Crippen LogP contribution in [-0.2, 0) is 4.79 Å². The highest BCUT2D eigenvalue weighted by Gasteiger charge is 2.05. The minimum absolute atomic E-state index is 0.0494. The lowest BCUT2D eigenvalue weighted by atomic mass is 10.2. The molecule has 0 atom stereocenters. The number of nitro groups is 1. The zero-order chi connectivity index (χ0) is 17.4. The van der Waals surface area contributed by atoms with E-state index in [1.165, 1.54) is 31.5 Å². The molecule has 2 aromatic carbocycles. The normalized spacial score (nSPS) is 10.4. The van der Waals surface area contributed by atoms with E-state index in [2.05, 4.69) is 10.5 Å². The van der Waals surface area contributed by atoms with Crippen LogP contribution in [0.25, 0.3) is 0 Å². The first-order valence-electron chi connectivity index (χ1n) is 6.91. The summed E-state index contributed by atoms with van der Waals surface area (Å²) in [4.78, 5) is 21.8. The SMILES string of the molecule is COc1cccc(OCC(=O)N/N=C/c2cccc([N+](=O)[O-])c2)c1. The fraction of sp³-hybridized carbons (Fsp3) is 0.125. The van der Waals surface area contributed by atoms with Gasteiger partial charge in [-0.3, -0.25) is 14.9 Å². The van der Waals surface area contributed by atoms with Crippen LogP contribution in [0.2, 0.25) is 0 Å². The van der Waals surface area contributed by atoms with Gasteiger partial charge in [-0.25, -0.2) is 5.43 Å². The quantitative estimate of drug-likeness (QED) is 0.476. The van der Waals surface area contributed by atoms with Crippen LogP contribution in [0.5, 0.6) is 11.5 Å². The van der Waals surface area contributed by atoms with Gasteiger partial charge < -0.3 is 9.47 Å². The van der Waals surface area contributed by atoms with Gasteiger partial charge in [-0.2, -0.15) is 5.10 Å². The number of benzene rings is 2. The molecule has 8 nitrogen and oxygen atoms in total. The maximum atomic E-state index is 11.6. The second-order valence-corrected chi connectivity index (χ2v) is 4.61. The number of ether oxygens (including phenoxy) is 2. The predicted molar refractivity (Wildman–Crippen MR) is 87.3 cm³/mol. The van der Waals surface area contributed by atoms with Gasteiger partial charge in [0.15, 0.2) is 6.61 Å². The highest BCUT2D eigenvalue weighted by Crippen LogP contribution is 2.18. The molecule has 0 spiro atoms. The summed E-state index contributed by atoms with van der Waals surface area (Å²) >= 11 is 0. The topological polar surface area (TPSA) is 103 Å². The number of nitro benzene ring substituents is 1. The zero-order valence-electron chi connectivity index (χ0n) is 12.8. The molecular formula is C16H15N3O5. The summed E-state index contributed by atoms with van der Waals surface area (Å²) in [5.41, 5.74) is 2.73. The highest BCUT2D eigenvalue weighted by atomic mass is 16.6. The maximum absolute atomic E-state index is 11.6. The van der Waals surface area contributed by atoms with E-state index in [-0.39, 0.29) is 12.3 Å². The molecule has 0 aliphatic rings. The van der Waals surface area contributed by atoms with Crippen molar-refractivity contribution < 1.29 is 19.2 Å². The van der Waals surface area contributed by atoms with E-state index < -0.39 is 10.8 Å². The molecular weight excluding hydrogens is 314 g/mol. The Balaban J connectivity index is 1.84. The Morgan fingerprint density at radius 2 is 2.00 bits per heavy atom. The van der Waals surface area contributed by atoms with E-state index in [1.54, 1.807) is 30.3 Å². The van der Waals surface area contributed by atoms with Crippen molar-refractivity contribution in [2.45, 2.75) is 0 Å². The molecule has 0 aromatic heterocycles. The first kappa shape index (κ1) is 16.9. The molecule has 24 heavy (non-hydrogen) atoms. The van der Waals surface area contributed by atoms with Gasteiger partial charge in [0.25, 0.3) is 11.6 Å². The van der Waals surface area contributed by atoms with E-state index >= 15 is 0 Å². The number of hydrazone groups is 1. The Morgan fingerprint density at radius 3 is 2.75 bits per heavy atom. The van der Waals surface area contributed by atoms with Gasteiger partial charge in [-0.15, -0.1) is 0 Å². The van der Waals surface area contributed by atoms with Crippen molar-refractivity contribution in [1.29, 1.82) is 0 Å². The van der Waals surface area contributed by atoms with Crippen molar-refractivity contribution in [2.75, 3.05) is 13.7 Å². The van der Waals surface area contributed by atoms with Crippen molar-refractivity contribution in [3.63, 3.8) is 0 Å². The Morgan fingerprint density at radius 1 is 1.25 bits per heavy atom. The number of non-ortho nitro benzene ring substituents is 1. The molecule has 0 saturated heterocycles. The largest absolute Gasteiger partial charge is 0.497 e. The van der Waals surface area contributed by atoms with Crippen molar-refractivity contribution in [3.05, 3.63) is 64.2 Å². The highest BCUT2D eigenvalue weighted by molar-refractivity contribution is 5.83. The Labute approximate surface area is 137 Å². The van der Waals surface area contributed by atoms with Crippen LogP contribution in [0.3, 0.4) is 0 Å². The number of carbonyl (C=O) groups excluding carboxylic acids is 1. The number of amides is 1. The third-order valence-corrected chi connectivity index (χ3v) is 2.90. The third kappa shape index (κ3) is 5.09. The molecule has 1 amide bonds. The molecule has 124 valence electrons. The fourth-order valence-electron chi connectivity index (χ4n) is 1.77. The average Bonchev–Trinajstić information content (AvgIpc) is 2.60. The summed E-state index contributed by atoms with van der Waals surface area (Å²) in [7, 11) is 1.54. The molecule has 8 heteroatoms. The minimum Gasteiger partial charge on any atom is -0.497 e. The molecule has 0 aliphatic heterocycles. The molecule has 2 rings (SSSR count). The zero-order valence-corrected chi connectivity index (χ0v) is 12.8. The van der Waals surface area contributed by atoms with Gasteiger partial charge in [0, 0.05) is 23.8 Å². The molecule has 0 radical (unpaired) electrons. The Kier molecular flexibility index (Phi) is 5.84. The smallest absolute Gasteiger partial charge is 0.277 e. The lowest BCUT2D eigenvalue weighted by Crippen LogP contribution is -2.24. The van der Waals surface area contributed by atoms with Crippen LogP contribution in [0.1, 0.15) is 5.56 Å². The van der Waals surface area contributed by atoms with Crippen molar-refractivity contribution >= 4 is 17.8 Å². The number of nitrogens with zero attached hydrogens (tertiary/aromatic N) is 2. The van der Waals surface area contributed by atoms with Crippen LogP contribution in [-0.4, -0.2) is 30.8 Å². The van der Waals surface area contributed by atoms with Crippen LogP contribution in [0.4, 0.5) is 5.69 Å².